The highest BCUT2D eigenvalue weighted by molar-refractivity contribution is 5.73. The van der Waals surface area contributed by atoms with Crippen LogP contribution < -0.4 is 14.8 Å². The van der Waals surface area contributed by atoms with Crippen LogP contribution in [0.3, 0.4) is 0 Å². The molecule has 2 heterocycles. The Hall–Kier alpha value is -3.18. The second-order valence-corrected chi connectivity index (χ2v) is 8.30. The van der Waals surface area contributed by atoms with Gasteiger partial charge < -0.3 is 38.8 Å². The standard InChI is InChI=1S/C25H29NO9/c1-14(23(28)29)32-22-20(26-15(2)27)25(33-18-12-8-7-11-17(18)30-3)34-19-13-31-24(35-21(19)22)16-9-5-4-6-10-16/h4-12,14,19-22,24-25H,13H2,1-3H3,(H,26,27)(H,28,29). The van der Waals surface area contributed by atoms with Crippen LogP contribution in [0.25, 0.3) is 0 Å². The molecule has 10 nitrogen and oxygen atoms in total. The largest absolute Gasteiger partial charge is 0.493 e. The molecule has 188 valence electrons. The number of nitrogens with one attached hydrogen (secondary N) is 1. The molecule has 0 saturated carbocycles. The molecule has 2 fully saturated rings. The molecular formula is C25H29NO9. The van der Waals surface area contributed by atoms with Crippen LogP contribution in [-0.4, -0.2) is 67.4 Å². The summed E-state index contributed by atoms with van der Waals surface area (Å²) in [5.74, 6) is -0.660. The van der Waals surface area contributed by atoms with Gasteiger partial charge in [0.05, 0.1) is 13.7 Å². The number of carboxylic acids is 1. The number of hydrogen-bond acceptors (Lipinski definition) is 8. The van der Waals surface area contributed by atoms with Gasteiger partial charge in [0.1, 0.15) is 24.4 Å². The second kappa shape index (κ2) is 11.0. The van der Waals surface area contributed by atoms with Gasteiger partial charge in [0, 0.05) is 12.5 Å². The maximum absolute atomic E-state index is 12.2. The number of para-hydroxylation sites is 2. The number of benzene rings is 2. The van der Waals surface area contributed by atoms with E-state index in [4.69, 9.17) is 28.4 Å². The summed E-state index contributed by atoms with van der Waals surface area (Å²) < 4.78 is 35.8. The van der Waals surface area contributed by atoms with Crippen molar-refractivity contribution in [2.24, 2.45) is 0 Å². The number of fused-ring (bicyclic) bond motifs is 1. The van der Waals surface area contributed by atoms with Crippen LogP contribution in [0.15, 0.2) is 54.6 Å². The number of rotatable bonds is 8. The minimum Gasteiger partial charge on any atom is -0.493 e. The van der Waals surface area contributed by atoms with Crippen LogP contribution >= 0.6 is 0 Å². The van der Waals surface area contributed by atoms with Gasteiger partial charge in [-0.05, 0) is 19.1 Å². The van der Waals surface area contributed by atoms with E-state index in [9.17, 15) is 14.7 Å². The Morgan fingerprint density at radius 1 is 1.06 bits per heavy atom. The van der Waals surface area contributed by atoms with E-state index >= 15 is 0 Å². The Morgan fingerprint density at radius 3 is 2.40 bits per heavy atom. The number of amides is 1. The molecule has 0 bridgehead atoms. The highest BCUT2D eigenvalue weighted by Crippen LogP contribution is 2.37. The van der Waals surface area contributed by atoms with E-state index in [0.29, 0.717) is 11.5 Å². The Kier molecular flexibility index (Phi) is 7.86. The summed E-state index contributed by atoms with van der Waals surface area (Å²) in [6, 6.07) is 15.4. The second-order valence-electron chi connectivity index (χ2n) is 8.30. The Labute approximate surface area is 203 Å². The molecule has 2 aliphatic rings. The number of methoxy groups -OCH3 is 1. The van der Waals surface area contributed by atoms with Gasteiger partial charge >= 0.3 is 5.97 Å². The number of carbonyl (C=O) groups is 2. The molecule has 35 heavy (non-hydrogen) atoms. The van der Waals surface area contributed by atoms with Gasteiger partial charge in [-0.15, -0.1) is 0 Å². The normalized spacial score (nSPS) is 28.9. The van der Waals surface area contributed by atoms with Crippen LogP contribution in [0.1, 0.15) is 25.7 Å². The molecule has 1 amide bonds. The molecule has 7 unspecified atom stereocenters. The molecule has 4 rings (SSSR count). The van der Waals surface area contributed by atoms with Crippen molar-refractivity contribution in [1.82, 2.24) is 5.32 Å². The first-order chi connectivity index (χ1) is 16.9. The van der Waals surface area contributed by atoms with Crippen molar-refractivity contribution < 1.29 is 43.1 Å². The van der Waals surface area contributed by atoms with Gasteiger partial charge in [-0.3, -0.25) is 4.79 Å². The van der Waals surface area contributed by atoms with Crippen molar-refractivity contribution in [3.05, 3.63) is 60.2 Å². The summed E-state index contributed by atoms with van der Waals surface area (Å²) in [6.45, 7) is 2.91. The fourth-order valence-electron chi connectivity index (χ4n) is 4.14. The van der Waals surface area contributed by atoms with Crippen molar-refractivity contribution in [2.45, 2.75) is 56.9 Å². The van der Waals surface area contributed by atoms with Gasteiger partial charge in [-0.2, -0.15) is 0 Å². The lowest BCUT2D eigenvalue weighted by molar-refractivity contribution is -0.340. The number of carbonyl (C=O) groups excluding carboxylic acids is 1. The summed E-state index contributed by atoms with van der Waals surface area (Å²) >= 11 is 0. The zero-order chi connectivity index (χ0) is 24.9. The molecule has 0 spiro atoms. The molecule has 0 radical (unpaired) electrons. The van der Waals surface area contributed by atoms with Crippen molar-refractivity contribution in [2.75, 3.05) is 13.7 Å². The maximum Gasteiger partial charge on any atom is 0.332 e. The maximum atomic E-state index is 12.2. The molecule has 7 atom stereocenters. The average molecular weight is 488 g/mol. The summed E-state index contributed by atoms with van der Waals surface area (Å²) in [5, 5.41) is 12.3. The van der Waals surface area contributed by atoms with Crippen LogP contribution in [0.5, 0.6) is 11.5 Å². The highest BCUT2D eigenvalue weighted by Gasteiger charge is 2.53. The zero-order valence-electron chi connectivity index (χ0n) is 19.7. The van der Waals surface area contributed by atoms with Gasteiger partial charge in [0.2, 0.25) is 12.2 Å². The lowest BCUT2D eigenvalue weighted by Crippen LogP contribution is -2.68. The number of ether oxygens (including phenoxy) is 6. The summed E-state index contributed by atoms with van der Waals surface area (Å²) in [7, 11) is 1.51. The molecule has 2 aliphatic heterocycles. The molecule has 2 aromatic rings. The predicted octanol–water partition coefficient (Wildman–Crippen LogP) is 2.28. The summed E-state index contributed by atoms with van der Waals surface area (Å²) in [5.41, 5.74) is 0.791. The number of hydrogen-bond donors (Lipinski definition) is 2. The number of aliphatic carboxylic acids is 1. The van der Waals surface area contributed by atoms with Crippen molar-refractivity contribution in [3.8, 4) is 11.5 Å². The third-order valence-electron chi connectivity index (χ3n) is 5.80. The Balaban J connectivity index is 1.66. The fraction of sp³-hybridized carbons (Fsp3) is 0.440. The summed E-state index contributed by atoms with van der Waals surface area (Å²) in [6.07, 6.45) is -5.24. The molecule has 0 aliphatic carbocycles. The lowest BCUT2D eigenvalue weighted by atomic mass is 9.95. The van der Waals surface area contributed by atoms with Crippen molar-refractivity contribution in [1.29, 1.82) is 0 Å². The van der Waals surface area contributed by atoms with Crippen LogP contribution in [-0.2, 0) is 28.5 Å². The van der Waals surface area contributed by atoms with E-state index < -0.39 is 49.0 Å². The molecule has 10 heteroatoms. The van der Waals surface area contributed by atoms with Crippen LogP contribution in [0.4, 0.5) is 0 Å². The monoisotopic (exact) mass is 487 g/mol. The molecule has 2 aromatic carbocycles. The van der Waals surface area contributed by atoms with Gasteiger partial charge in [-0.1, -0.05) is 42.5 Å². The third kappa shape index (κ3) is 5.73. The van der Waals surface area contributed by atoms with E-state index in [1.807, 2.05) is 30.3 Å². The smallest absolute Gasteiger partial charge is 0.332 e. The van der Waals surface area contributed by atoms with E-state index in [2.05, 4.69) is 5.32 Å². The number of carboxylic acid groups (broad SMARTS) is 1. The highest BCUT2D eigenvalue weighted by atomic mass is 16.8. The first-order valence-corrected chi connectivity index (χ1v) is 11.3. The van der Waals surface area contributed by atoms with E-state index in [1.54, 1.807) is 24.3 Å². The van der Waals surface area contributed by atoms with Gasteiger partial charge in [-0.25, -0.2) is 4.79 Å². The zero-order valence-corrected chi connectivity index (χ0v) is 19.7. The third-order valence-corrected chi connectivity index (χ3v) is 5.80. The first kappa shape index (κ1) is 24.9. The van der Waals surface area contributed by atoms with E-state index in [0.717, 1.165) is 5.56 Å². The Morgan fingerprint density at radius 2 is 1.74 bits per heavy atom. The van der Waals surface area contributed by atoms with Crippen LogP contribution in [0.2, 0.25) is 0 Å². The van der Waals surface area contributed by atoms with Crippen molar-refractivity contribution >= 4 is 11.9 Å². The summed E-state index contributed by atoms with van der Waals surface area (Å²) in [4.78, 5) is 23.8. The topological polar surface area (TPSA) is 122 Å². The minimum atomic E-state index is -1.18. The van der Waals surface area contributed by atoms with Crippen molar-refractivity contribution in [3.63, 3.8) is 0 Å². The average Bonchev–Trinajstić information content (AvgIpc) is 2.86. The van der Waals surface area contributed by atoms with Crippen LogP contribution in [0, 0.1) is 0 Å². The first-order valence-electron chi connectivity index (χ1n) is 11.3. The van der Waals surface area contributed by atoms with E-state index in [1.165, 1.54) is 21.0 Å². The molecule has 2 saturated heterocycles. The Bertz CT molecular complexity index is 1020. The van der Waals surface area contributed by atoms with E-state index in [-0.39, 0.29) is 12.5 Å². The molecular weight excluding hydrogens is 458 g/mol. The quantitative estimate of drug-likeness (QED) is 0.577. The molecule has 2 N–H and O–H groups in total. The SMILES string of the molecule is COc1ccccc1OC1OC2COC(c3ccccc3)OC2C(OC(C)C(=O)O)C1NC(C)=O. The molecule has 0 aromatic heterocycles. The predicted molar refractivity (Wildman–Crippen MR) is 122 cm³/mol. The lowest BCUT2D eigenvalue weighted by Gasteiger charge is -2.49. The van der Waals surface area contributed by atoms with Gasteiger partial charge in [0.15, 0.2) is 23.9 Å². The fourth-order valence-corrected chi connectivity index (χ4v) is 4.14. The van der Waals surface area contributed by atoms with Gasteiger partial charge in [0.25, 0.3) is 0 Å². The minimum absolute atomic E-state index is 0.143.